The molecule has 0 amide bonds. The van der Waals surface area contributed by atoms with E-state index in [-0.39, 0.29) is 11.5 Å². The van der Waals surface area contributed by atoms with Crippen LogP contribution in [0.5, 0.6) is 17.2 Å². The first-order valence-electron chi connectivity index (χ1n) is 5.47. The van der Waals surface area contributed by atoms with Crippen LogP contribution < -0.4 is 4.74 Å². The van der Waals surface area contributed by atoms with E-state index in [1.165, 1.54) is 6.07 Å². The van der Waals surface area contributed by atoms with Gasteiger partial charge < -0.3 is 14.9 Å². The molecule has 3 heteroatoms. The van der Waals surface area contributed by atoms with Gasteiger partial charge in [-0.15, -0.1) is 0 Å². The van der Waals surface area contributed by atoms with Gasteiger partial charge >= 0.3 is 0 Å². The third-order valence-corrected chi connectivity index (χ3v) is 2.69. The molecule has 2 N–H and O–H groups in total. The summed E-state index contributed by atoms with van der Waals surface area (Å²) >= 11 is 0. The molecule has 2 rings (SSSR count). The van der Waals surface area contributed by atoms with E-state index in [2.05, 4.69) is 6.58 Å². The van der Waals surface area contributed by atoms with Crippen molar-refractivity contribution in [1.82, 2.24) is 0 Å². The highest BCUT2D eigenvalue weighted by Crippen LogP contribution is 2.29. The lowest BCUT2D eigenvalue weighted by molar-refractivity contribution is 0.407. The number of hydrogen-bond acceptors (Lipinski definition) is 3. The molecule has 0 aliphatic heterocycles. The summed E-state index contributed by atoms with van der Waals surface area (Å²) in [5.41, 5.74) is 2.40. The van der Waals surface area contributed by atoms with Gasteiger partial charge in [-0.05, 0) is 41.0 Å². The fourth-order valence-corrected chi connectivity index (χ4v) is 1.70. The summed E-state index contributed by atoms with van der Waals surface area (Å²) in [5, 5.41) is 18.8. The van der Waals surface area contributed by atoms with Crippen LogP contribution in [0, 0.1) is 0 Å². The van der Waals surface area contributed by atoms with Crippen LogP contribution in [-0.2, 0) is 0 Å². The fraction of sp³-hybridized carbons (Fsp3) is 0.0667. The molecule has 0 fully saturated rings. The van der Waals surface area contributed by atoms with Gasteiger partial charge in [0.15, 0.2) is 0 Å². The highest BCUT2D eigenvalue weighted by atomic mass is 16.5. The average Bonchev–Trinajstić information content (AvgIpc) is 2.38. The topological polar surface area (TPSA) is 49.7 Å². The van der Waals surface area contributed by atoms with Crippen molar-refractivity contribution in [2.24, 2.45) is 0 Å². The van der Waals surface area contributed by atoms with Crippen LogP contribution in [0.25, 0.3) is 5.57 Å². The van der Waals surface area contributed by atoms with Gasteiger partial charge in [0.05, 0.1) is 7.11 Å². The molecule has 0 unspecified atom stereocenters. The minimum absolute atomic E-state index is 0.129. The Morgan fingerprint density at radius 3 is 2.22 bits per heavy atom. The third-order valence-electron chi connectivity index (χ3n) is 2.69. The Morgan fingerprint density at radius 1 is 0.944 bits per heavy atom. The number of phenolic OH excluding ortho intramolecular Hbond substituents is 2. The number of ether oxygens (including phenoxy) is 1. The standard InChI is InChI=1S/C15H14O3/c1-10(11-3-5-13(16)6-4-11)12-7-14(17)9-15(8-12)18-2/h3-9,16-17H,1H2,2H3. The largest absolute Gasteiger partial charge is 0.508 e. The van der Waals surface area contributed by atoms with E-state index in [1.807, 2.05) is 0 Å². The van der Waals surface area contributed by atoms with Gasteiger partial charge in [-0.3, -0.25) is 0 Å². The van der Waals surface area contributed by atoms with Crippen molar-refractivity contribution in [3.8, 4) is 17.2 Å². The van der Waals surface area contributed by atoms with Gasteiger partial charge in [-0.2, -0.15) is 0 Å². The van der Waals surface area contributed by atoms with Crippen molar-refractivity contribution in [1.29, 1.82) is 0 Å². The van der Waals surface area contributed by atoms with E-state index < -0.39 is 0 Å². The summed E-state index contributed by atoms with van der Waals surface area (Å²) in [5.74, 6) is 0.911. The van der Waals surface area contributed by atoms with Crippen LogP contribution in [0.4, 0.5) is 0 Å². The van der Waals surface area contributed by atoms with E-state index in [1.54, 1.807) is 43.5 Å². The van der Waals surface area contributed by atoms with Crippen LogP contribution in [-0.4, -0.2) is 17.3 Å². The summed E-state index contributed by atoms with van der Waals surface area (Å²) in [6, 6.07) is 11.7. The van der Waals surface area contributed by atoms with Crippen LogP contribution in [0.1, 0.15) is 11.1 Å². The van der Waals surface area contributed by atoms with E-state index >= 15 is 0 Å². The molecular weight excluding hydrogens is 228 g/mol. The molecule has 0 heterocycles. The van der Waals surface area contributed by atoms with Gasteiger partial charge in [0.25, 0.3) is 0 Å². The number of hydrogen-bond donors (Lipinski definition) is 2. The molecule has 3 nitrogen and oxygen atoms in total. The number of rotatable bonds is 3. The molecule has 0 saturated heterocycles. The Kier molecular flexibility index (Phi) is 3.24. The van der Waals surface area contributed by atoms with Gasteiger partial charge in [0.2, 0.25) is 0 Å². The van der Waals surface area contributed by atoms with Crippen molar-refractivity contribution in [2.45, 2.75) is 0 Å². The zero-order chi connectivity index (χ0) is 13.1. The second-order valence-corrected chi connectivity index (χ2v) is 3.95. The molecule has 0 aliphatic rings. The molecule has 2 aromatic carbocycles. The van der Waals surface area contributed by atoms with Crippen molar-refractivity contribution >= 4 is 5.57 Å². The van der Waals surface area contributed by atoms with Gasteiger partial charge in [-0.25, -0.2) is 0 Å². The molecule has 0 aromatic heterocycles. The molecule has 0 saturated carbocycles. The lowest BCUT2D eigenvalue weighted by atomic mass is 9.99. The normalized spacial score (nSPS) is 10.1. The fourth-order valence-electron chi connectivity index (χ4n) is 1.70. The maximum atomic E-state index is 9.60. The minimum Gasteiger partial charge on any atom is -0.508 e. The first kappa shape index (κ1) is 12.0. The lowest BCUT2D eigenvalue weighted by Crippen LogP contribution is -1.89. The summed E-state index contributed by atoms with van der Waals surface area (Å²) in [6.07, 6.45) is 0. The molecule has 0 atom stereocenters. The highest BCUT2D eigenvalue weighted by Gasteiger charge is 2.06. The minimum atomic E-state index is 0.129. The Morgan fingerprint density at radius 2 is 1.61 bits per heavy atom. The molecule has 0 aliphatic carbocycles. The lowest BCUT2D eigenvalue weighted by Gasteiger charge is -2.09. The average molecular weight is 242 g/mol. The number of phenols is 2. The van der Waals surface area contributed by atoms with Crippen LogP contribution in [0.15, 0.2) is 49.0 Å². The quantitative estimate of drug-likeness (QED) is 0.869. The second kappa shape index (κ2) is 4.84. The number of benzene rings is 2. The Bertz CT molecular complexity index is 571. The maximum Gasteiger partial charge on any atom is 0.123 e. The number of aromatic hydroxyl groups is 2. The second-order valence-electron chi connectivity index (χ2n) is 3.95. The van der Waals surface area contributed by atoms with Crippen LogP contribution >= 0.6 is 0 Å². The predicted octanol–water partition coefficient (Wildman–Crippen LogP) is 3.17. The first-order chi connectivity index (χ1) is 8.60. The van der Waals surface area contributed by atoms with Gasteiger partial charge in [0.1, 0.15) is 17.2 Å². The van der Waals surface area contributed by atoms with Crippen molar-refractivity contribution in [3.05, 3.63) is 60.2 Å². The van der Waals surface area contributed by atoms with E-state index in [4.69, 9.17) is 4.74 Å². The van der Waals surface area contributed by atoms with Gasteiger partial charge in [-0.1, -0.05) is 18.7 Å². The summed E-state index contributed by atoms with van der Waals surface area (Å²) in [4.78, 5) is 0. The monoisotopic (exact) mass is 242 g/mol. The molecule has 0 bridgehead atoms. The Balaban J connectivity index is 2.39. The third kappa shape index (κ3) is 2.46. The summed E-state index contributed by atoms with van der Waals surface area (Å²) in [7, 11) is 1.54. The number of methoxy groups -OCH3 is 1. The van der Waals surface area contributed by atoms with E-state index in [9.17, 15) is 10.2 Å². The molecule has 0 radical (unpaired) electrons. The Hall–Kier alpha value is -2.42. The zero-order valence-corrected chi connectivity index (χ0v) is 10.1. The molecule has 0 spiro atoms. The van der Waals surface area contributed by atoms with Crippen molar-refractivity contribution < 1.29 is 14.9 Å². The summed E-state index contributed by atoms with van der Waals surface area (Å²) in [6.45, 7) is 3.99. The Labute approximate surface area is 106 Å². The summed E-state index contributed by atoms with van der Waals surface area (Å²) < 4.78 is 5.10. The van der Waals surface area contributed by atoms with Gasteiger partial charge in [0, 0.05) is 6.07 Å². The SMILES string of the molecule is C=C(c1ccc(O)cc1)c1cc(O)cc(OC)c1. The maximum absolute atomic E-state index is 9.60. The van der Waals surface area contributed by atoms with Crippen LogP contribution in [0.3, 0.4) is 0 Å². The van der Waals surface area contributed by atoms with E-state index in [0.29, 0.717) is 5.75 Å². The predicted molar refractivity (Wildman–Crippen MR) is 70.9 cm³/mol. The molecular formula is C15H14O3. The van der Waals surface area contributed by atoms with Crippen molar-refractivity contribution in [2.75, 3.05) is 7.11 Å². The first-order valence-corrected chi connectivity index (χ1v) is 5.47. The molecule has 92 valence electrons. The molecule has 18 heavy (non-hydrogen) atoms. The van der Waals surface area contributed by atoms with E-state index in [0.717, 1.165) is 16.7 Å². The smallest absolute Gasteiger partial charge is 0.123 e. The molecule has 2 aromatic rings. The van der Waals surface area contributed by atoms with Crippen molar-refractivity contribution in [3.63, 3.8) is 0 Å². The zero-order valence-electron chi connectivity index (χ0n) is 10.1. The highest BCUT2D eigenvalue weighted by molar-refractivity contribution is 5.79. The van der Waals surface area contributed by atoms with Crippen LogP contribution in [0.2, 0.25) is 0 Å².